The zero-order valence-electron chi connectivity index (χ0n) is 10.9. The number of carboxylic acid groups (broad SMARTS) is 1. The van der Waals surface area contributed by atoms with Gasteiger partial charge in [-0.3, -0.25) is 4.79 Å². The minimum absolute atomic E-state index is 0.418. The summed E-state index contributed by atoms with van der Waals surface area (Å²) in [5, 5.41) is 8.97. The van der Waals surface area contributed by atoms with Gasteiger partial charge < -0.3 is 20.3 Å². The van der Waals surface area contributed by atoms with Crippen LogP contribution in [0.5, 0.6) is 11.5 Å². The molecule has 0 heterocycles. The SMILES string of the molecule is CCCc1cc(OC)c(C(N)C(=O)O)cc1OC. The molecule has 0 spiro atoms. The zero-order chi connectivity index (χ0) is 13.7. The van der Waals surface area contributed by atoms with Crippen LogP contribution in [0.4, 0.5) is 0 Å². The van der Waals surface area contributed by atoms with E-state index in [0.29, 0.717) is 17.1 Å². The maximum atomic E-state index is 11.0. The molecule has 3 N–H and O–H groups in total. The van der Waals surface area contributed by atoms with Crippen molar-refractivity contribution in [3.63, 3.8) is 0 Å². The van der Waals surface area contributed by atoms with Crippen molar-refractivity contribution < 1.29 is 19.4 Å². The van der Waals surface area contributed by atoms with Gasteiger partial charge in [0.2, 0.25) is 0 Å². The normalized spacial score (nSPS) is 12.0. The van der Waals surface area contributed by atoms with Gasteiger partial charge in [0.1, 0.15) is 17.5 Å². The molecular weight excluding hydrogens is 234 g/mol. The van der Waals surface area contributed by atoms with E-state index in [1.165, 1.54) is 7.11 Å². The summed E-state index contributed by atoms with van der Waals surface area (Å²) in [6.45, 7) is 2.06. The van der Waals surface area contributed by atoms with Crippen molar-refractivity contribution >= 4 is 5.97 Å². The molecule has 1 aromatic carbocycles. The molecule has 0 radical (unpaired) electrons. The molecule has 1 atom stereocenters. The molecule has 0 bridgehead atoms. The Hall–Kier alpha value is -1.75. The first-order valence-electron chi connectivity index (χ1n) is 5.78. The van der Waals surface area contributed by atoms with Gasteiger partial charge in [-0.05, 0) is 24.1 Å². The van der Waals surface area contributed by atoms with Gasteiger partial charge in [-0.2, -0.15) is 0 Å². The predicted molar refractivity (Wildman–Crippen MR) is 68.1 cm³/mol. The van der Waals surface area contributed by atoms with Crippen molar-refractivity contribution in [2.75, 3.05) is 14.2 Å². The van der Waals surface area contributed by atoms with E-state index in [1.54, 1.807) is 19.2 Å². The third-order valence-corrected chi connectivity index (χ3v) is 2.75. The maximum absolute atomic E-state index is 11.0. The highest BCUT2D eigenvalue weighted by Gasteiger charge is 2.21. The zero-order valence-corrected chi connectivity index (χ0v) is 10.9. The van der Waals surface area contributed by atoms with E-state index in [0.717, 1.165) is 18.4 Å². The van der Waals surface area contributed by atoms with Crippen LogP contribution in [0.3, 0.4) is 0 Å². The average Bonchev–Trinajstić information content (AvgIpc) is 2.37. The Kier molecular flexibility index (Phi) is 4.97. The van der Waals surface area contributed by atoms with Gasteiger partial charge in [-0.1, -0.05) is 13.3 Å². The smallest absolute Gasteiger partial charge is 0.325 e. The topological polar surface area (TPSA) is 81.8 Å². The number of hydrogen-bond donors (Lipinski definition) is 2. The number of aliphatic carboxylic acids is 1. The van der Waals surface area contributed by atoms with Crippen molar-refractivity contribution in [3.8, 4) is 11.5 Å². The second-order valence-electron chi connectivity index (χ2n) is 3.97. The Labute approximate surface area is 107 Å². The monoisotopic (exact) mass is 253 g/mol. The summed E-state index contributed by atoms with van der Waals surface area (Å²) in [6, 6.07) is 2.31. The van der Waals surface area contributed by atoms with Gasteiger partial charge in [0.15, 0.2) is 0 Å². The van der Waals surface area contributed by atoms with Crippen LogP contribution < -0.4 is 15.2 Å². The summed E-state index contributed by atoms with van der Waals surface area (Å²) < 4.78 is 10.5. The Balaban J connectivity index is 3.29. The molecule has 1 unspecified atom stereocenters. The number of methoxy groups -OCH3 is 2. The van der Waals surface area contributed by atoms with Crippen LogP contribution in [0.2, 0.25) is 0 Å². The van der Waals surface area contributed by atoms with Crippen LogP contribution in [0, 0.1) is 0 Å². The molecule has 1 rings (SSSR count). The summed E-state index contributed by atoms with van der Waals surface area (Å²) in [7, 11) is 3.05. The van der Waals surface area contributed by atoms with Crippen molar-refractivity contribution in [1.82, 2.24) is 0 Å². The van der Waals surface area contributed by atoms with Gasteiger partial charge in [0.25, 0.3) is 0 Å². The molecule has 0 amide bonds. The fourth-order valence-corrected chi connectivity index (χ4v) is 1.83. The number of carbonyl (C=O) groups is 1. The second-order valence-corrected chi connectivity index (χ2v) is 3.97. The standard InChI is InChI=1S/C13H19NO4/c1-4-5-8-6-11(18-3)9(7-10(8)17-2)12(14)13(15)16/h6-7,12H,4-5,14H2,1-3H3,(H,15,16). The molecule has 1 aromatic rings. The number of ether oxygens (including phenoxy) is 2. The Morgan fingerprint density at radius 2 is 1.94 bits per heavy atom. The van der Waals surface area contributed by atoms with E-state index in [-0.39, 0.29) is 0 Å². The van der Waals surface area contributed by atoms with E-state index < -0.39 is 12.0 Å². The number of nitrogens with two attached hydrogens (primary N) is 1. The summed E-state index contributed by atoms with van der Waals surface area (Å²) in [6.07, 6.45) is 1.80. The summed E-state index contributed by atoms with van der Waals surface area (Å²) in [5.74, 6) is 0.0251. The fraction of sp³-hybridized carbons (Fsp3) is 0.462. The summed E-state index contributed by atoms with van der Waals surface area (Å²) in [5.41, 5.74) is 7.03. The largest absolute Gasteiger partial charge is 0.496 e. The molecule has 100 valence electrons. The Morgan fingerprint density at radius 1 is 1.33 bits per heavy atom. The van der Waals surface area contributed by atoms with Gasteiger partial charge >= 0.3 is 5.97 Å². The fourth-order valence-electron chi connectivity index (χ4n) is 1.83. The van der Waals surface area contributed by atoms with E-state index in [2.05, 4.69) is 6.92 Å². The van der Waals surface area contributed by atoms with Crippen LogP contribution in [0.25, 0.3) is 0 Å². The van der Waals surface area contributed by atoms with Gasteiger partial charge in [0, 0.05) is 5.56 Å². The quantitative estimate of drug-likeness (QED) is 0.807. The Bertz CT molecular complexity index is 431. The van der Waals surface area contributed by atoms with Crippen molar-refractivity contribution in [2.24, 2.45) is 5.73 Å². The van der Waals surface area contributed by atoms with Crippen LogP contribution >= 0.6 is 0 Å². The lowest BCUT2D eigenvalue weighted by Crippen LogP contribution is -2.21. The molecule has 5 nitrogen and oxygen atoms in total. The van der Waals surface area contributed by atoms with Crippen LogP contribution in [-0.2, 0) is 11.2 Å². The van der Waals surface area contributed by atoms with E-state index in [9.17, 15) is 4.79 Å². The minimum Gasteiger partial charge on any atom is -0.496 e. The first-order valence-corrected chi connectivity index (χ1v) is 5.78. The summed E-state index contributed by atoms with van der Waals surface area (Å²) in [4.78, 5) is 11.0. The molecule has 0 saturated carbocycles. The third-order valence-electron chi connectivity index (χ3n) is 2.75. The first kappa shape index (κ1) is 14.3. The number of rotatable bonds is 6. The molecule has 0 saturated heterocycles. The number of benzene rings is 1. The predicted octanol–water partition coefficient (Wildman–Crippen LogP) is 1.74. The minimum atomic E-state index is -1.12. The lowest BCUT2D eigenvalue weighted by Gasteiger charge is -2.16. The second kappa shape index (κ2) is 6.26. The Morgan fingerprint density at radius 3 is 2.39 bits per heavy atom. The average molecular weight is 253 g/mol. The molecule has 18 heavy (non-hydrogen) atoms. The molecular formula is C13H19NO4. The van der Waals surface area contributed by atoms with E-state index >= 15 is 0 Å². The molecule has 5 heteroatoms. The van der Waals surface area contributed by atoms with Gasteiger partial charge in [-0.15, -0.1) is 0 Å². The molecule has 0 aliphatic heterocycles. The third kappa shape index (κ3) is 2.92. The first-order chi connectivity index (χ1) is 8.54. The van der Waals surface area contributed by atoms with Crippen molar-refractivity contribution in [3.05, 3.63) is 23.3 Å². The van der Waals surface area contributed by atoms with Crippen LogP contribution in [0.1, 0.15) is 30.5 Å². The van der Waals surface area contributed by atoms with Crippen molar-refractivity contribution in [1.29, 1.82) is 0 Å². The van der Waals surface area contributed by atoms with Gasteiger partial charge in [-0.25, -0.2) is 0 Å². The maximum Gasteiger partial charge on any atom is 0.325 e. The lowest BCUT2D eigenvalue weighted by molar-refractivity contribution is -0.138. The van der Waals surface area contributed by atoms with Gasteiger partial charge in [0.05, 0.1) is 14.2 Å². The van der Waals surface area contributed by atoms with Crippen molar-refractivity contribution in [2.45, 2.75) is 25.8 Å². The van der Waals surface area contributed by atoms with E-state index in [1.807, 2.05) is 0 Å². The number of hydrogen-bond acceptors (Lipinski definition) is 4. The molecule has 0 fully saturated rings. The molecule has 0 aliphatic carbocycles. The lowest BCUT2D eigenvalue weighted by atomic mass is 10.0. The number of aryl methyl sites for hydroxylation is 1. The van der Waals surface area contributed by atoms with E-state index in [4.69, 9.17) is 20.3 Å². The van der Waals surface area contributed by atoms with Crippen LogP contribution in [0.15, 0.2) is 12.1 Å². The number of carboxylic acids is 1. The molecule has 0 aliphatic rings. The highest BCUT2D eigenvalue weighted by Crippen LogP contribution is 2.32. The highest BCUT2D eigenvalue weighted by atomic mass is 16.5. The highest BCUT2D eigenvalue weighted by molar-refractivity contribution is 5.77. The van der Waals surface area contributed by atoms with Crippen LogP contribution in [-0.4, -0.2) is 25.3 Å². The summed E-state index contributed by atoms with van der Waals surface area (Å²) >= 11 is 0. The molecule has 0 aromatic heterocycles.